The number of carboxylic acids is 1. The first-order valence-electron chi connectivity index (χ1n) is 6.98. The summed E-state index contributed by atoms with van der Waals surface area (Å²) in [5, 5.41) is 10.7. The van der Waals surface area contributed by atoms with E-state index in [0.29, 0.717) is 22.1 Å². The topological polar surface area (TPSA) is 80.7 Å². The number of carbonyl (C=O) groups is 1. The highest BCUT2D eigenvalue weighted by Gasteiger charge is 2.20. The number of fused-ring (bicyclic) bond motifs is 3. The Morgan fingerprint density at radius 3 is 2.41 bits per heavy atom. The van der Waals surface area contributed by atoms with Crippen LogP contribution < -0.4 is 5.63 Å². The molecule has 1 N–H and O–H groups in total. The highest BCUT2D eigenvalue weighted by molar-refractivity contribution is 6.07. The van der Waals surface area contributed by atoms with Crippen LogP contribution in [-0.4, -0.2) is 11.1 Å². The molecule has 5 nitrogen and oxygen atoms in total. The SMILES string of the molecule is Cc1oc2c(c(C)cc3oc(=O)c(CC(=O)O)c(C)c32)c1C. The van der Waals surface area contributed by atoms with E-state index in [4.69, 9.17) is 13.9 Å². The van der Waals surface area contributed by atoms with Gasteiger partial charge in [0.25, 0.3) is 0 Å². The number of hydrogen-bond acceptors (Lipinski definition) is 4. The van der Waals surface area contributed by atoms with Gasteiger partial charge in [0.2, 0.25) is 0 Å². The maximum atomic E-state index is 12.0. The van der Waals surface area contributed by atoms with Crippen LogP contribution in [0.4, 0.5) is 0 Å². The number of carboxylic acid groups (broad SMARTS) is 1. The molecule has 0 aliphatic carbocycles. The summed E-state index contributed by atoms with van der Waals surface area (Å²) in [6, 6.07) is 1.80. The molecule has 0 atom stereocenters. The van der Waals surface area contributed by atoms with Gasteiger partial charge in [0.1, 0.15) is 16.9 Å². The van der Waals surface area contributed by atoms with Gasteiger partial charge < -0.3 is 13.9 Å². The molecular weight excluding hydrogens is 284 g/mol. The highest BCUT2D eigenvalue weighted by atomic mass is 16.4. The molecule has 0 saturated carbocycles. The van der Waals surface area contributed by atoms with Crippen molar-refractivity contribution in [1.29, 1.82) is 0 Å². The van der Waals surface area contributed by atoms with Crippen molar-refractivity contribution in [3.8, 4) is 0 Å². The Kier molecular flexibility index (Phi) is 3.09. The number of benzene rings is 1. The second-order valence-corrected chi connectivity index (χ2v) is 5.62. The lowest BCUT2D eigenvalue weighted by atomic mass is 9.98. The third-order valence-electron chi connectivity index (χ3n) is 4.21. The van der Waals surface area contributed by atoms with Gasteiger partial charge in [-0.25, -0.2) is 4.79 Å². The second kappa shape index (κ2) is 4.73. The minimum atomic E-state index is -1.06. The van der Waals surface area contributed by atoms with Gasteiger partial charge in [0, 0.05) is 5.39 Å². The fourth-order valence-corrected chi connectivity index (χ4v) is 2.99. The molecule has 0 radical (unpaired) electrons. The molecular formula is C17H16O5. The zero-order chi connectivity index (χ0) is 16.2. The number of furan rings is 1. The first-order chi connectivity index (χ1) is 10.3. The van der Waals surface area contributed by atoms with Crippen molar-refractivity contribution in [1.82, 2.24) is 0 Å². The molecule has 0 aliphatic rings. The smallest absolute Gasteiger partial charge is 0.340 e. The van der Waals surface area contributed by atoms with Gasteiger partial charge >= 0.3 is 11.6 Å². The Labute approximate surface area is 126 Å². The number of rotatable bonds is 2. The van der Waals surface area contributed by atoms with E-state index >= 15 is 0 Å². The molecule has 22 heavy (non-hydrogen) atoms. The van der Waals surface area contributed by atoms with Gasteiger partial charge in [-0.15, -0.1) is 0 Å². The zero-order valence-electron chi connectivity index (χ0n) is 12.9. The lowest BCUT2D eigenvalue weighted by Gasteiger charge is -2.08. The third-order valence-corrected chi connectivity index (χ3v) is 4.21. The van der Waals surface area contributed by atoms with E-state index < -0.39 is 11.6 Å². The molecule has 3 aromatic rings. The van der Waals surface area contributed by atoms with Gasteiger partial charge in [0.15, 0.2) is 0 Å². The Morgan fingerprint density at radius 1 is 1.09 bits per heavy atom. The summed E-state index contributed by atoms with van der Waals surface area (Å²) >= 11 is 0. The highest BCUT2D eigenvalue weighted by Crippen LogP contribution is 2.35. The van der Waals surface area contributed by atoms with Gasteiger partial charge in [-0.05, 0) is 50.5 Å². The van der Waals surface area contributed by atoms with Crippen LogP contribution >= 0.6 is 0 Å². The molecule has 1 aromatic carbocycles. The van der Waals surface area contributed by atoms with Crippen molar-refractivity contribution < 1.29 is 18.7 Å². The molecule has 2 aromatic heterocycles. The lowest BCUT2D eigenvalue weighted by molar-refractivity contribution is -0.136. The number of hydrogen-bond donors (Lipinski definition) is 1. The van der Waals surface area contributed by atoms with Crippen molar-refractivity contribution in [3.63, 3.8) is 0 Å². The predicted molar refractivity (Wildman–Crippen MR) is 82.5 cm³/mol. The minimum absolute atomic E-state index is 0.164. The van der Waals surface area contributed by atoms with E-state index in [1.807, 2.05) is 20.8 Å². The van der Waals surface area contributed by atoms with Crippen molar-refractivity contribution >= 4 is 27.9 Å². The van der Waals surface area contributed by atoms with Crippen molar-refractivity contribution in [2.24, 2.45) is 0 Å². The largest absolute Gasteiger partial charge is 0.481 e. The summed E-state index contributed by atoms with van der Waals surface area (Å²) in [6.45, 7) is 7.53. The second-order valence-electron chi connectivity index (χ2n) is 5.62. The van der Waals surface area contributed by atoms with Crippen molar-refractivity contribution in [2.45, 2.75) is 34.1 Å². The minimum Gasteiger partial charge on any atom is -0.481 e. The molecule has 2 heterocycles. The number of aliphatic carboxylic acids is 1. The van der Waals surface area contributed by atoms with Gasteiger partial charge in [-0.1, -0.05) is 0 Å². The van der Waals surface area contributed by atoms with E-state index in [9.17, 15) is 9.59 Å². The summed E-state index contributed by atoms with van der Waals surface area (Å²) in [6.07, 6.45) is -0.363. The molecule has 0 amide bonds. The average molecular weight is 300 g/mol. The van der Waals surface area contributed by atoms with Gasteiger partial charge in [-0.3, -0.25) is 4.79 Å². The summed E-state index contributed by atoms with van der Waals surface area (Å²) < 4.78 is 11.2. The van der Waals surface area contributed by atoms with Crippen LogP contribution in [-0.2, 0) is 11.2 Å². The predicted octanol–water partition coefficient (Wildman–Crippen LogP) is 3.40. The van der Waals surface area contributed by atoms with Crippen molar-refractivity contribution in [3.05, 3.63) is 44.5 Å². The maximum Gasteiger partial charge on any atom is 0.340 e. The maximum absolute atomic E-state index is 12.0. The van der Waals surface area contributed by atoms with Crippen LogP contribution in [0.15, 0.2) is 19.7 Å². The summed E-state index contributed by atoms with van der Waals surface area (Å²) in [4.78, 5) is 23.0. The number of aryl methyl sites for hydroxylation is 4. The van der Waals surface area contributed by atoms with E-state index in [1.165, 1.54) is 0 Å². The first kappa shape index (κ1) is 14.4. The van der Waals surface area contributed by atoms with Crippen LogP contribution in [0.1, 0.15) is 28.0 Å². The molecule has 0 unspecified atom stereocenters. The Bertz CT molecular complexity index is 988. The van der Waals surface area contributed by atoms with Crippen molar-refractivity contribution in [2.75, 3.05) is 0 Å². The quantitative estimate of drug-likeness (QED) is 0.734. The first-order valence-corrected chi connectivity index (χ1v) is 6.98. The fraction of sp³-hybridized carbons (Fsp3) is 0.294. The van der Waals surface area contributed by atoms with E-state index in [2.05, 4.69) is 0 Å². The third kappa shape index (κ3) is 1.93. The van der Waals surface area contributed by atoms with Crippen LogP contribution in [0.25, 0.3) is 21.9 Å². The van der Waals surface area contributed by atoms with E-state index in [-0.39, 0.29) is 12.0 Å². The molecule has 0 bridgehead atoms. The summed E-state index contributed by atoms with van der Waals surface area (Å²) in [7, 11) is 0. The van der Waals surface area contributed by atoms with Crippen LogP contribution in [0.2, 0.25) is 0 Å². The average Bonchev–Trinajstić information content (AvgIpc) is 2.70. The standard InChI is InChI=1S/C17H16O5/c1-7-5-12-15(16-14(7)8(2)10(4)21-16)9(3)11(6-13(18)19)17(20)22-12/h5H,6H2,1-4H3,(H,18,19). The van der Waals surface area contributed by atoms with Crippen LogP contribution in [0.3, 0.4) is 0 Å². The summed E-state index contributed by atoms with van der Waals surface area (Å²) in [5.74, 6) is -0.263. The molecule has 3 rings (SSSR count). The Morgan fingerprint density at radius 2 is 1.77 bits per heavy atom. The Hall–Kier alpha value is -2.56. The van der Waals surface area contributed by atoms with Crippen LogP contribution in [0.5, 0.6) is 0 Å². The van der Waals surface area contributed by atoms with Gasteiger partial charge in [0.05, 0.1) is 17.4 Å². The fourth-order valence-electron chi connectivity index (χ4n) is 2.99. The monoisotopic (exact) mass is 300 g/mol. The summed E-state index contributed by atoms with van der Waals surface area (Å²) in [5.41, 5.74) is 3.24. The normalized spacial score (nSPS) is 11.5. The Balaban J connectivity index is 2.54. The zero-order valence-corrected chi connectivity index (χ0v) is 12.9. The molecule has 0 spiro atoms. The lowest BCUT2D eigenvalue weighted by Crippen LogP contribution is -2.15. The molecule has 0 fully saturated rings. The van der Waals surface area contributed by atoms with E-state index in [0.717, 1.165) is 22.3 Å². The molecule has 5 heteroatoms. The van der Waals surface area contributed by atoms with E-state index in [1.54, 1.807) is 13.0 Å². The van der Waals surface area contributed by atoms with Crippen LogP contribution in [0, 0.1) is 27.7 Å². The molecule has 0 aliphatic heterocycles. The molecule has 114 valence electrons. The molecule has 0 saturated heterocycles. The van der Waals surface area contributed by atoms with Gasteiger partial charge in [-0.2, -0.15) is 0 Å².